The maximum Gasteiger partial charge on any atom is 0.122 e. The molecule has 0 bridgehead atoms. The van der Waals surface area contributed by atoms with Crippen LogP contribution in [0.15, 0.2) is 42.5 Å². The van der Waals surface area contributed by atoms with Crippen LogP contribution in [0.2, 0.25) is 0 Å². The average molecular weight is 258 g/mol. The number of aliphatic hydroxyl groups is 1. The third-order valence-corrected chi connectivity index (χ3v) is 3.29. The van der Waals surface area contributed by atoms with Crippen LogP contribution in [0.25, 0.3) is 0 Å². The van der Waals surface area contributed by atoms with Gasteiger partial charge in [-0.15, -0.1) is 0 Å². The van der Waals surface area contributed by atoms with E-state index in [4.69, 9.17) is 0 Å². The highest BCUT2D eigenvalue weighted by Gasteiger charge is 2.27. The van der Waals surface area contributed by atoms with Gasteiger partial charge in [0.25, 0.3) is 0 Å². The van der Waals surface area contributed by atoms with Crippen LogP contribution in [-0.4, -0.2) is 15.3 Å². The molecule has 1 unspecified atom stereocenters. The van der Waals surface area contributed by atoms with Crippen molar-refractivity contribution < 1.29 is 15.3 Å². The van der Waals surface area contributed by atoms with Crippen LogP contribution in [-0.2, 0) is 12.0 Å². The quantitative estimate of drug-likeness (QED) is 0.742. The van der Waals surface area contributed by atoms with Gasteiger partial charge in [0.2, 0.25) is 0 Å². The van der Waals surface area contributed by atoms with Crippen molar-refractivity contribution in [1.29, 1.82) is 0 Å². The molecule has 0 heterocycles. The first kappa shape index (κ1) is 13.4. The van der Waals surface area contributed by atoms with E-state index in [0.29, 0.717) is 17.5 Å². The molecule has 19 heavy (non-hydrogen) atoms. The zero-order valence-electron chi connectivity index (χ0n) is 11.1. The van der Waals surface area contributed by atoms with Gasteiger partial charge in [-0.05, 0) is 37.1 Å². The molecule has 0 fully saturated rings. The Bertz CT molecular complexity index is 574. The fourth-order valence-electron chi connectivity index (χ4n) is 2.20. The first-order chi connectivity index (χ1) is 8.90. The second kappa shape index (κ2) is 4.94. The van der Waals surface area contributed by atoms with Crippen molar-refractivity contribution in [3.8, 4) is 11.5 Å². The van der Waals surface area contributed by atoms with Gasteiger partial charge in [-0.1, -0.05) is 30.3 Å². The average Bonchev–Trinajstić information content (AvgIpc) is 2.34. The molecular weight excluding hydrogens is 240 g/mol. The standard InChI is InChI=1S/C16H18O3/c1-11-8-15(18)13(9-14(11)17)16(2,19)10-12-6-4-3-5-7-12/h3-9,17-19H,10H2,1-2H3. The van der Waals surface area contributed by atoms with Crippen LogP contribution < -0.4 is 0 Å². The molecule has 3 N–H and O–H groups in total. The molecule has 2 aromatic rings. The summed E-state index contributed by atoms with van der Waals surface area (Å²) in [5, 5.41) is 30.3. The first-order valence-corrected chi connectivity index (χ1v) is 6.19. The number of phenols is 2. The predicted octanol–water partition coefficient (Wildman–Crippen LogP) is 2.86. The second-order valence-corrected chi connectivity index (χ2v) is 5.09. The Morgan fingerprint density at radius 2 is 1.63 bits per heavy atom. The van der Waals surface area contributed by atoms with Gasteiger partial charge in [-0.3, -0.25) is 0 Å². The SMILES string of the molecule is Cc1cc(O)c(C(C)(O)Cc2ccccc2)cc1O. The summed E-state index contributed by atoms with van der Waals surface area (Å²) in [5.74, 6) is 0.0670. The Morgan fingerprint density at radius 3 is 2.26 bits per heavy atom. The van der Waals surface area contributed by atoms with Gasteiger partial charge in [0.1, 0.15) is 11.5 Å². The highest BCUT2D eigenvalue weighted by molar-refractivity contribution is 5.47. The Hall–Kier alpha value is -2.00. The zero-order chi connectivity index (χ0) is 14.0. The van der Waals surface area contributed by atoms with E-state index in [-0.39, 0.29) is 11.5 Å². The summed E-state index contributed by atoms with van der Waals surface area (Å²) in [6, 6.07) is 12.4. The topological polar surface area (TPSA) is 60.7 Å². The molecule has 0 aliphatic rings. The van der Waals surface area contributed by atoms with Crippen LogP contribution in [0.1, 0.15) is 23.6 Å². The molecule has 1 atom stereocenters. The van der Waals surface area contributed by atoms with Crippen LogP contribution >= 0.6 is 0 Å². The molecule has 0 amide bonds. The molecule has 100 valence electrons. The lowest BCUT2D eigenvalue weighted by molar-refractivity contribution is 0.0548. The van der Waals surface area contributed by atoms with Crippen molar-refractivity contribution in [2.45, 2.75) is 25.9 Å². The fraction of sp³-hybridized carbons (Fsp3) is 0.250. The number of hydrogen-bond acceptors (Lipinski definition) is 3. The van der Waals surface area contributed by atoms with Crippen LogP contribution in [0.4, 0.5) is 0 Å². The first-order valence-electron chi connectivity index (χ1n) is 6.19. The Balaban J connectivity index is 2.37. The Labute approximate surface area is 112 Å². The molecule has 0 spiro atoms. The maximum atomic E-state index is 10.6. The molecule has 0 aliphatic carbocycles. The molecule has 3 nitrogen and oxygen atoms in total. The molecule has 0 saturated heterocycles. The molecule has 2 rings (SSSR count). The van der Waals surface area contributed by atoms with Crippen molar-refractivity contribution in [3.05, 3.63) is 59.2 Å². The van der Waals surface area contributed by atoms with E-state index in [9.17, 15) is 15.3 Å². The normalized spacial score (nSPS) is 14.1. The Morgan fingerprint density at radius 1 is 1.00 bits per heavy atom. The summed E-state index contributed by atoms with van der Waals surface area (Å²) in [6.07, 6.45) is 0.365. The number of aromatic hydroxyl groups is 2. The van der Waals surface area contributed by atoms with E-state index < -0.39 is 5.60 Å². The van der Waals surface area contributed by atoms with E-state index in [1.807, 2.05) is 30.3 Å². The second-order valence-electron chi connectivity index (χ2n) is 5.09. The van der Waals surface area contributed by atoms with Crippen molar-refractivity contribution in [1.82, 2.24) is 0 Å². The highest BCUT2D eigenvalue weighted by Crippen LogP contribution is 2.36. The largest absolute Gasteiger partial charge is 0.508 e. The van der Waals surface area contributed by atoms with Gasteiger partial charge >= 0.3 is 0 Å². The monoisotopic (exact) mass is 258 g/mol. The zero-order valence-corrected chi connectivity index (χ0v) is 11.1. The van der Waals surface area contributed by atoms with Crippen molar-refractivity contribution in [2.24, 2.45) is 0 Å². The summed E-state index contributed by atoms with van der Waals surface area (Å²) in [5.41, 5.74) is 0.638. The van der Waals surface area contributed by atoms with Gasteiger partial charge in [0.15, 0.2) is 0 Å². The molecule has 0 aliphatic heterocycles. The van der Waals surface area contributed by atoms with Crippen molar-refractivity contribution in [2.75, 3.05) is 0 Å². The third-order valence-electron chi connectivity index (χ3n) is 3.29. The van der Waals surface area contributed by atoms with Gasteiger partial charge in [0.05, 0.1) is 5.60 Å². The lowest BCUT2D eigenvalue weighted by Crippen LogP contribution is -2.24. The minimum Gasteiger partial charge on any atom is -0.508 e. The molecule has 0 saturated carbocycles. The third kappa shape index (κ3) is 2.88. The lowest BCUT2D eigenvalue weighted by Gasteiger charge is -2.25. The van der Waals surface area contributed by atoms with Crippen LogP contribution in [0.5, 0.6) is 11.5 Å². The van der Waals surface area contributed by atoms with E-state index in [1.165, 1.54) is 12.1 Å². The number of benzene rings is 2. The van der Waals surface area contributed by atoms with Crippen molar-refractivity contribution in [3.63, 3.8) is 0 Å². The smallest absolute Gasteiger partial charge is 0.122 e. The summed E-state index contributed by atoms with van der Waals surface area (Å²) >= 11 is 0. The maximum absolute atomic E-state index is 10.6. The minimum atomic E-state index is -1.24. The molecule has 0 radical (unpaired) electrons. The van der Waals surface area contributed by atoms with Gasteiger partial charge in [-0.25, -0.2) is 0 Å². The number of phenolic OH excluding ortho intramolecular Hbond substituents is 2. The minimum absolute atomic E-state index is 0.00349. The van der Waals surface area contributed by atoms with Crippen LogP contribution in [0, 0.1) is 6.92 Å². The van der Waals surface area contributed by atoms with Gasteiger partial charge in [-0.2, -0.15) is 0 Å². The summed E-state index contributed by atoms with van der Waals surface area (Å²) in [6.45, 7) is 3.33. The number of hydrogen-bond donors (Lipinski definition) is 3. The summed E-state index contributed by atoms with van der Waals surface area (Å²) < 4.78 is 0. The van der Waals surface area contributed by atoms with E-state index >= 15 is 0 Å². The van der Waals surface area contributed by atoms with E-state index in [0.717, 1.165) is 5.56 Å². The van der Waals surface area contributed by atoms with Gasteiger partial charge in [0, 0.05) is 12.0 Å². The van der Waals surface area contributed by atoms with E-state index in [1.54, 1.807) is 13.8 Å². The Kier molecular flexibility index (Phi) is 3.49. The summed E-state index contributed by atoms with van der Waals surface area (Å²) in [4.78, 5) is 0. The van der Waals surface area contributed by atoms with Crippen LogP contribution in [0.3, 0.4) is 0 Å². The van der Waals surface area contributed by atoms with E-state index in [2.05, 4.69) is 0 Å². The lowest BCUT2D eigenvalue weighted by atomic mass is 9.87. The number of rotatable bonds is 3. The molecule has 2 aromatic carbocycles. The molecule has 0 aromatic heterocycles. The van der Waals surface area contributed by atoms with Gasteiger partial charge < -0.3 is 15.3 Å². The van der Waals surface area contributed by atoms with Crippen molar-refractivity contribution >= 4 is 0 Å². The molecular formula is C16H18O3. The number of aryl methyl sites for hydroxylation is 1. The highest BCUT2D eigenvalue weighted by atomic mass is 16.3. The summed E-state index contributed by atoms with van der Waals surface area (Å²) in [7, 11) is 0. The predicted molar refractivity (Wildman–Crippen MR) is 74.2 cm³/mol. The fourth-order valence-corrected chi connectivity index (χ4v) is 2.20. The molecule has 3 heteroatoms.